The first-order chi connectivity index (χ1) is 8.09. The fraction of sp³-hybridized carbons (Fsp3) is 0.714. The molecule has 2 unspecified atom stereocenters. The Hall–Kier alpha value is -0.960. The summed E-state index contributed by atoms with van der Waals surface area (Å²) in [5, 5.41) is 10.5. The van der Waals surface area contributed by atoms with Crippen molar-refractivity contribution in [2.75, 3.05) is 0 Å². The summed E-state index contributed by atoms with van der Waals surface area (Å²) in [4.78, 5) is 0. The molecule has 0 saturated heterocycles. The average Bonchev–Trinajstić information content (AvgIpc) is 2.79. The van der Waals surface area contributed by atoms with E-state index in [1.807, 2.05) is 12.2 Å². The molecule has 3 heteroatoms. The molecule has 0 aromatic rings. The quantitative estimate of drug-likeness (QED) is 0.768. The Kier molecular flexibility index (Phi) is 3.77. The van der Waals surface area contributed by atoms with E-state index >= 15 is 0 Å². The zero-order valence-corrected chi connectivity index (χ0v) is 10.6. The second kappa shape index (κ2) is 5.13. The first kappa shape index (κ1) is 12.5. The minimum Gasteiger partial charge on any atom is -0.456 e. The highest BCUT2D eigenvalue weighted by atomic mass is 16.7. The Morgan fingerprint density at radius 2 is 2.06 bits per heavy atom. The largest absolute Gasteiger partial charge is 0.456 e. The van der Waals surface area contributed by atoms with E-state index in [2.05, 4.69) is 13.8 Å². The zero-order valence-electron chi connectivity index (χ0n) is 10.6. The van der Waals surface area contributed by atoms with Gasteiger partial charge in [0.1, 0.15) is 12.5 Å². The van der Waals surface area contributed by atoms with Gasteiger partial charge in [-0.15, -0.1) is 0 Å². The van der Waals surface area contributed by atoms with Gasteiger partial charge in [-0.3, -0.25) is 0 Å². The summed E-state index contributed by atoms with van der Waals surface area (Å²) in [5.41, 5.74) is -0.678. The van der Waals surface area contributed by atoms with E-state index in [4.69, 9.17) is 9.47 Å². The molecule has 0 spiro atoms. The number of rotatable bonds is 3. The van der Waals surface area contributed by atoms with Gasteiger partial charge in [0.05, 0.1) is 5.60 Å². The maximum Gasteiger partial charge on any atom is 0.259 e. The lowest BCUT2D eigenvalue weighted by atomic mass is 9.73. The molecule has 1 saturated carbocycles. The molecule has 0 bridgehead atoms. The molecule has 1 fully saturated rings. The van der Waals surface area contributed by atoms with Gasteiger partial charge in [-0.2, -0.15) is 0 Å². The van der Waals surface area contributed by atoms with Gasteiger partial charge in [-0.05, 0) is 49.7 Å². The minimum absolute atomic E-state index is 0.363. The third kappa shape index (κ3) is 3.25. The highest BCUT2D eigenvalue weighted by Crippen LogP contribution is 2.37. The summed E-state index contributed by atoms with van der Waals surface area (Å²) in [7, 11) is 0. The van der Waals surface area contributed by atoms with Crippen molar-refractivity contribution in [3.8, 4) is 0 Å². The molecule has 3 nitrogen and oxygen atoms in total. The molecule has 0 aromatic carbocycles. The Bertz CT molecular complexity index is 301. The molecule has 0 amide bonds. The maximum atomic E-state index is 10.5. The molecule has 2 atom stereocenters. The van der Waals surface area contributed by atoms with Crippen LogP contribution in [0.25, 0.3) is 0 Å². The predicted molar refractivity (Wildman–Crippen MR) is 66.0 cm³/mol. The molecule has 2 aliphatic rings. The van der Waals surface area contributed by atoms with Crippen molar-refractivity contribution in [1.82, 2.24) is 0 Å². The summed E-state index contributed by atoms with van der Waals surface area (Å²) >= 11 is 0. The maximum absolute atomic E-state index is 10.5. The SMILES string of the molecule is CC(C)C1CCCC(O)(C=CC2OC=CO2)C1. The van der Waals surface area contributed by atoms with Crippen LogP contribution in [0.1, 0.15) is 39.5 Å². The fourth-order valence-corrected chi connectivity index (χ4v) is 2.65. The van der Waals surface area contributed by atoms with Crippen molar-refractivity contribution in [2.24, 2.45) is 11.8 Å². The molecular formula is C14H22O3. The summed E-state index contributed by atoms with van der Waals surface area (Å²) in [6, 6.07) is 0. The van der Waals surface area contributed by atoms with Gasteiger partial charge in [0.15, 0.2) is 0 Å². The normalized spacial score (nSPS) is 34.2. The van der Waals surface area contributed by atoms with Crippen molar-refractivity contribution in [3.63, 3.8) is 0 Å². The van der Waals surface area contributed by atoms with Gasteiger partial charge in [0.25, 0.3) is 6.29 Å². The van der Waals surface area contributed by atoms with E-state index in [0.29, 0.717) is 11.8 Å². The van der Waals surface area contributed by atoms with Crippen LogP contribution in [0.2, 0.25) is 0 Å². The smallest absolute Gasteiger partial charge is 0.259 e. The Balaban J connectivity index is 1.93. The van der Waals surface area contributed by atoms with E-state index < -0.39 is 5.60 Å². The fourth-order valence-electron chi connectivity index (χ4n) is 2.65. The lowest BCUT2D eigenvalue weighted by molar-refractivity contribution is 0.00353. The van der Waals surface area contributed by atoms with Crippen LogP contribution in [0.3, 0.4) is 0 Å². The minimum atomic E-state index is -0.678. The van der Waals surface area contributed by atoms with E-state index in [1.165, 1.54) is 18.9 Å². The van der Waals surface area contributed by atoms with Crippen molar-refractivity contribution < 1.29 is 14.6 Å². The van der Waals surface area contributed by atoms with Crippen molar-refractivity contribution in [1.29, 1.82) is 0 Å². The van der Waals surface area contributed by atoms with Crippen LogP contribution >= 0.6 is 0 Å². The first-order valence-corrected chi connectivity index (χ1v) is 6.47. The van der Waals surface area contributed by atoms with Crippen LogP contribution in [-0.4, -0.2) is 17.0 Å². The molecule has 1 aliphatic carbocycles. The van der Waals surface area contributed by atoms with Gasteiger partial charge < -0.3 is 14.6 Å². The standard InChI is InChI=1S/C14H22O3/c1-11(2)12-4-3-6-14(15,10-12)7-5-13-16-8-9-17-13/h5,7-9,11-13,15H,3-4,6,10H2,1-2H3. The first-order valence-electron chi connectivity index (χ1n) is 6.47. The molecule has 0 radical (unpaired) electrons. The van der Waals surface area contributed by atoms with Crippen LogP contribution in [0.5, 0.6) is 0 Å². The Morgan fingerprint density at radius 3 is 2.71 bits per heavy atom. The Morgan fingerprint density at radius 1 is 1.35 bits per heavy atom. The number of hydrogen-bond donors (Lipinski definition) is 1. The number of ether oxygens (including phenoxy) is 2. The summed E-state index contributed by atoms with van der Waals surface area (Å²) in [5.74, 6) is 1.25. The van der Waals surface area contributed by atoms with Gasteiger partial charge in [0, 0.05) is 0 Å². The van der Waals surface area contributed by atoms with Crippen LogP contribution in [0.15, 0.2) is 24.7 Å². The number of hydrogen-bond acceptors (Lipinski definition) is 3. The summed E-state index contributed by atoms with van der Waals surface area (Å²) in [6.07, 6.45) is 10.4. The molecule has 1 heterocycles. The van der Waals surface area contributed by atoms with Crippen molar-refractivity contribution in [2.45, 2.75) is 51.4 Å². The summed E-state index contributed by atoms with van der Waals surface area (Å²) in [6.45, 7) is 4.46. The molecule has 1 aliphatic heterocycles. The molecule has 1 N–H and O–H groups in total. The van der Waals surface area contributed by atoms with Crippen LogP contribution in [0.4, 0.5) is 0 Å². The highest BCUT2D eigenvalue weighted by molar-refractivity contribution is 5.06. The summed E-state index contributed by atoms with van der Waals surface area (Å²) < 4.78 is 10.3. The van der Waals surface area contributed by atoms with Crippen LogP contribution < -0.4 is 0 Å². The topological polar surface area (TPSA) is 38.7 Å². The van der Waals surface area contributed by atoms with Gasteiger partial charge in [-0.1, -0.05) is 13.8 Å². The van der Waals surface area contributed by atoms with E-state index in [9.17, 15) is 5.11 Å². The van der Waals surface area contributed by atoms with Crippen molar-refractivity contribution >= 4 is 0 Å². The highest BCUT2D eigenvalue weighted by Gasteiger charge is 2.33. The second-order valence-electron chi connectivity index (χ2n) is 5.48. The second-order valence-corrected chi connectivity index (χ2v) is 5.48. The molecular weight excluding hydrogens is 216 g/mol. The Labute approximate surface area is 103 Å². The zero-order chi connectivity index (χ0) is 12.3. The third-order valence-corrected chi connectivity index (χ3v) is 3.79. The molecule has 2 rings (SSSR count). The number of aliphatic hydroxyl groups is 1. The molecule has 0 aromatic heterocycles. The lowest BCUT2D eigenvalue weighted by Crippen LogP contribution is -2.35. The van der Waals surface area contributed by atoms with Gasteiger partial charge in [-0.25, -0.2) is 0 Å². The van der Waals surface area contributed by atoms with Gasteiger partial charge in [0.2, 0.25) is 0 Å². The third-order valence-electron chi connectivity index (χ3n) is 3.79. The van der Waals surface area contributed by atoms with Crippen molar-refractivity contribution in [3.05, 3.63) is 24.7 Å². The molecule has 96 valence electrons. The monoisotopic (exact) mass is 238 g/mol. The van der Waals surface area contributed by atoms with Gasteiger partial charge >= 0.3 is 0 Å². The average molecular weight is 238 g/mol. The van der Waals surface area contributed by atoms with E-state index in [0.717, 1.165) is 19.3 Å². The van der Waals surface area contributed by atoms with Crippen LogP contribution in [-0.2, 0) is 9.47 Å². The van der Waals surface area contributed by atoms with Crippen LogP contribution in [0, 0.1) is 11.8 Å². The molecule has 17 heavy (non-hydrogen) atoms. The van der Waals surface area contributed by atoms with E-state index in [-0.39, 0.29) is 6.29 Å². The van der Waals surface area contributed by atoms with E-state index in [1.54, 1.807) is 0 Å². The lowest BCUT2D eigenvalue weighted by Gasteiger charge is -2.36. The predicted octanol–water partition coefficient (Wildman–Crippen LogP) is 2.96.